The highest BCUT2D eigenvalue weighted by Crippen LogP contribution is 2.27. The first-order valence-electron chi connectivity index (χ1n) is 9.06. The van der Waals surface area contributed by atoms with Gasteiger partial charge in [-0.1, -0.05) is 66.0 Å². The van der Waals surface area contributed by atoms with Crippen molar-refractivity contribution in [2.45, 2.75) is 38.8 Å². The minimum atomic E-state index is -0.615. The van der Waals surface area contributed by atoms with Gasteiger partial charge >= 0.3 is 0 Å². The van der Waals surface area contributed by atoms with Crippen molar-refractivity contribution in [3.8, 4) is 0 Å². The zero-order chi connectivity index (χ0) is 20.7. The van der Waals surface area contributed by atoms with Crippen LogP contribution in [0.2, 0.25) is 15.1 Å². The molecular weight excluding hydrogens is 419 g/mol. The maximum absolute atomic E-state index is 13.1. The molecule has 0 bridgehead atoms. The van der Waals surface area contributed by atoms with Gasteiger partial charge in [0.2, 0.25) is 11.8 Å². The molecule has 0 aromatic heterocycles. The van der Waals surface area contributed by atoms with E-state index in [1.54, 1.807) is 36.2 Å². The molecule has 2 amide bonds. The molecule has 0 heterocycles. The second-order valence-corrected chi connectivity index (χ2v) is 7.57. The predicted octanol–water partition coefficient (Wildman–Crippen LogP) is 5.13. The van der Waals surface area contributed by atoms with Crippen molar-refractivity contribution in [3.05, 3.63) is 68.7 Å². The molecule has 1 unspecified atom stereocenters. The largest absolute Gasteiger partial charge is 0.357 e. The number of halogens is 3. The van der Waals surface area contributed by atoms with E-state index in [0.717, 1.165) is 5.56 Å². The van der Waals surface area contributed by atoms with Gasteiger partial charge in [-0.05, 0) is 36.6 Å². The highest BCUT2D eigenvalue weighted by molar-refractivity contribution is 6.36. The van der Waals surface area contributed by atoms with Crippen LogP contribution >= 0.6 is 34.8 Å². The monoisotopic (exact) mass is 440 g/mol. The summed E-state index contributed by atoms with van der Waals surface area (Å²) in [7, 11) is 1.56. The van der Waals surface area contributed by atoms with Gasteiger partial charge in [0.15, 0.2) is 0 Å². The Labute approximate surface area is 180 Å². The number of nitrogens with one attached hydrogen (secondary N) is 1. The minimum absolute atomic E-state index is 0.159. The van der Waals surface area contributed by atoms with Crippen LogP contribution < -0.4 is 5.32 Å². The lowest BCUT2D eigenvalue weighted by atomic mass is 10.1. The normalized spacial score (nSPS) is 11.8. The smallest absolute Gasteiger partial charge is 0.242 e. The average Bonchev–Trinajstić information content (AvgIpc) is 2.68. The summed E-state index contributed by atoms with van der Waals surface area (Å²) in [6, 6.07) is 12.0. The quantitative estimate of drug-likeness (QED) is 0.617. The van der Waals surface area contributed by atoms with Crippen LogP contribution in [0.15, 0.2) is 42.5 Å². The molecule has 28 heavy (non-hydrogen) atoms. The lowest BCUT2D eigenvalue weighted by Gasteiger charge is -2.31. The molecule has 0 aliphatic carbocycles. The molecule has 2 aromatic carbocycles. The van der Waals surface area contributed by atoms with Crippen LogP contribution in [0.25, 0.3) is 0 Å². The standard InChI is InChI=1S/C21H23Cl3N2O2/c1-3-19(21(28)25-2)26(13-15-17(23)9-6-10-18(15)24)20(27)12-11-14-7-4-5-8-16(14)22/h4-10,19H,3,11-13H2,1-2H3,(H,25,28). The summed E-state index contributed by atoms with van der Waals surface area (Å²) >= 11 is 18.8. The van der Waals surface area contributed by atoms with Gasteiger partial charge in [0.25, 0.3) is 0 Å². The number of likely N-dealkylation sites (N-methyl/N-ethyl adjacent to an activating group) is 1. The lowest BCUT2D eigenvalue weighted by Crippen LogP contribution is -2.48. The number of nitrogens with zero attached hydrogens (tertiary/aromatic N) is 1. The molecular formula is C21H23Cl3N2O2. The number of carbonyl (C=O) groups excluding carboxylic acids is 2. The van der Waals surface area contributed by atoms with E-state index >= 15 is 0 Å². The van der Waals surface area contributed by atoms with Crippen molar-refractivity contribution in [2.75, 3.05) is 7.05 Å². The topological polar surface area (TPSA) is 49.4 Å². The van der Waals surface area contributed by atoms with E-state index in [4.69, 9.17) is 34.8 Å². The fourth-order valence-corrected chi connectivity index (χ4v) is 3.77. The molecule has 0 saturated heterocycles. The molecule has 0 aliphatic heterocycles. The minimum Gasteiger partial charge on any atom is -0.357 e. The van der Waals surface area contributed by atoms with Crippen molar-refractivity contribution >= 4 is 46.6 Å². The van der Waals surface area contributed by atoms with E-state index in [1.807, 2.05) is 25.1 Å². The van der Waals surface area contributed by atoms with Gasteiger partial charge in [0.1, 0.15) is 6.04 Å². The third-order valence-corrected chi connectivity index (χ3v) is 5.67. The zero-order valence-electron chi connectivity index (χ0n) is 15.8. The first-order valence-corrected chi connectivity index (χ1v) is 10.2. The van der Waals surface area contributed by atoms with Crippen LogP contribution in [-0.2, 0) is 22.6 Å². The Morgan fingerprint density at radius 2 is 1.61 bits per heavy atom. The van der Waals surface area contributed by atoms with E-state index in [9.17, 15) is 9.59 Å². The molecule has 4 nitrogen and oxygen atoms in total. The molecule has 0 fully saturated rings. The van der Waals surface area contributed by atoms with E-state index in [1.165, 1.54) is 0 Å². The number of benzene rings is 2. The number of amides is 2. The van der Waals surface area contributed by atoms with Crippen molar-refractivity contribution in [1.29, 1.82) is 0 Å². The van der Waals surface area contributed by atoms with Gasteiger partial charge < -0.3 is 10.2 Å². The Morgan fingerprint density at radius 3 is 2.18 bits per heavy atom. The zero-order valence-corrected chi connectivity index (χ0v) is 18.1. The molecule has 2 aromatic rings. The van der Waals surface area contributed by atoms with Crippen LogP contribution in [0.4, 0.5) is 0 Å². The lowest BCUT2D eigenvalue weighted by molar-refractivity contribution is -0.141. The summed E-state index contributed by atoms with van der Waals surface area (Å²) in [5.74, 6) is -0.386. The first kappa shape index (κ1) is 22.5. The van der Waals surface area contributed by atoms with Crippen LogP contribution in [-0.4, -0.2) is 29.8 Å². The maximum Gasteiger partial charge on any atom is 0.242 e. The Kier molecular flexibility index (Phi) is 8.61. The Balaban J connectivity index is 2.27. The van der Waals surface area contributed by atoms with E-state index < -0.39 is 6.04 Å². The van der Waals surface area contributed by atoms with Crippen molar-refractivity contribution < 1.29 is 9.59 Å². The van der Waals surface area contributed by atoms with Crippen LogP contribution in [0.5, 0.6) is 0 Å². The fraction of sp³-hybridized carbons (Fsp3) is 0.333. The summed E-state index contributed by atoms with van der Waals surface area (Å²) in [6.45, 7) is 2.02. The predicted molar refractivity (Wildman–Crippen MR) is 115 cm³/mol. The number of hydrogen-bond acceptors (Lipinski definition) is 2. The number of aryl methyl sites for hydroxylation is 1. The van der Waals surface area contributed by atoms with Crippen molar-refractivity contribution in [2.24, 2.45) is 0 Å². The van der Waals surface area contributed by atoms with Crippen LogP contribution in [0, 0.1) is 0 Å². The Bertz CT molecular complexity index is 822. The van der Waals surface area contributed by atoms with Gasteiger partial charge in [-0.3, -0.25) is 9.59 Å². The Hall–Kier alpha value is -1.75. The SMILES string of the molecule is CCC(C(=O)NC)N(Cc1c(Cl)cccc1Cl)C(=O)CCc1ccccc1Cl. The molecule has 150 valence electrons. The summed E-state index contributed by atoms with van der Waals surface area (Å²) < 4.78 is 0. The molecule has 7 heteroatoms. The summed E-state index contributed by atoms with van der Waals surface area (Å²) in [6.07, 6.45) is 1.17. The highest BCUT2D eigenvalue weighted by Gasteiger charge is 2.29. The number of hydrogen-bond donors (Lipinski definition) is 1. The molecule has 0 saturated carbocycles. The highest BCUT2D eigenvalue weighted by atomic mass is 35.5. The van der Waals surface area contributed by atoms with Gasteiger partial charge in [0.05, 0.1) is 0 Å². The first-order chi connectivity index (χ1) is 13.4. The fourth-order valence-electron chi connectivity index (χ4n) is 3.03. The van der Waals surface area contributed by atoms with Crippen LogP contribution in [0.1, 0.15) is 30.9 Å². The second kappa shape index (κ2) is 10.7. The molecule has 0 aliphatic rings. The third kappa shape index (κ3) is 5.63. The van der Waals surface area contributed by atoms with Crippen molar-refractivity contribution in [3.63, 3.8) is 0 Å². The maximum atomic E-state index is 13.1. The molecule has 0 radical (unpaired) electrons. The summed E-state index contributed by atoms with van der Waals surface area (Å²) in [5, 5.41) is 4.17. The number of carbonyl (C=O) groups is 2. The molecule has 1 atom stereocenters. The summed E-state index contributed by atoms with van der Waals surface area (Å²) in [4.78, 5) is 27.0. The van der Waals surface area contributed by atoms with Gasteiger partial charge in [-0.2, -0.15) is 0 Å². The van der Waals surface area contributed by atoms with Gasteiger partial charge in [0, 0.05) is 40.6 Å². The summed E-state index contributed by atoms with van der Waals surface area (Å²) in [5.41, 5.74) is 1.51. The van der Waals surface area contributed by atoms with E-state index in [2.05, 4.69) is 5.32 Å². The second-order valence-electron chi connectivity index (χ2n) is 6.35. The average molecular weight is 442 g/mol. The van der Waals surface area contributed by atoms with E-state index in [-0.39, 0.29) is 24.8 Å². The molecule has 2 rings (SSSR count). The Morgan fingerprint density at radius 1 is 1.00 bits per heavy atom. The van der Waals surface area contributed by atoms with Crippen molar-refractivity contribution in [1.82, 2.24) is 10.2 Å². The third-order valence-electron chi connectivity index (χ3n) is 4.59. The van der Waals surface area contributed by atoms with E-state index in [0.29, 0.717) is 33.5 Å². The number of rotatable bonds is 8. The molecule has 1 N–H and O–H groups in total. The van der Waals surface area contributed by atoms with Crippen LogP contribution in [0.3, 0.4) is 0 Å². The molecule has 0 spiro atoms. The van der Waals surface area contributed by atoms with Gasteiger partial charge in [-0.25, -0.2) is 0 Å². The van der Waals surface area contributed by atoms with Gasteiger partial charge in [-0.15, -0.1) is 0 Å².